The highest BCUT2D eigenvalue weighted by Crippen LogP contribution is 2.50. The van der Waals surface area contributed by atoms with Crippen LogP contribution in [0, 0.1) is 13.8 Å². The van der Waals surface area contributed by atoms with Crippen molar-refractivity contribution < 1.29 is 14.2 Å². The highest BCUT2D eigenvalue weighted by atomic mass is 16.7. The van der Waals surface area contributed by atoms with Gasteiger partial charge in [-0.25, -0.2) is 0 Å². The van der Waals surface area contributed by atoms with Gasteiger partial charge in [-0.3, -0.25) is 4.90 Å². The molecule has 2 aliphatic heterocycles. The molecule has 8 nitrogen and oxygen atoms in total. The second-order valence-corrected chi connectivity index (χ2v) is 7.64. The van der Waals surface area contributed by atoms with Crippen LogP contribution in [0.4, 0.5) is 0 Å². The van der Waals surface area contributed by atoms with Crippen molar-refractivity contribution in [2.45, 2.75) is 26.3 Å². The van der Waals surface area contributed by atoms with Gasteiger partial charge in [-0.2, -0.15) is 4.68 Å². The van der Waals surface area contributed by atoms with Crippen molar-refractivity contribution >= 4 is 0 Å². The summed E-state index contributed by atoms with van der Waals surface area (Å²) in [6.45, 7) is 5.23. The van der Waals surface area contributed by atoms with Gasteiger partial charge in [-0.15, -0.1) is 5.10 Å². The van der Waals surface area contributed by atoms with Gasteiger partial charge in [0.25, 0.3) is 0 Å². The topological polar surface area (TPSA) is 74.5 Å². The summed E-state index contributed by atoms with van der Waals surface area (Å²) in [6, 6.07) is 8.21. The smallest absolute Gasteiger partial charge is 0.231 e. The number of rotatable bonds is 3. The first kappa shape index (κ1) is 17.9. The zero-order chi connectivity index (χ0) is 20.1. The maximum Gasteiger partial charge on any atom is 0.231 e. The van der Waals surface area contributed by atoms with Crippen molar-refractivity contribution in [2.24, 2.45) is 0 Å². The first-order valence-corrected chi connectivity index (χ1v) is 9.63. The summed E-state index contributed by atoms with van der Waals surface area (Å²) in [5.41, 5.74) is 5.48. The number of tetrazole rings is 1. The van der Waals surface area contributed by atoms with E-state index in [1.54, 1.807) is 7.11 Å². The average Bonchev–Trinajstić information content (AvgIpc) is 3.34. The van der Waals surface area contributed by atoms with Gasteiger partial charge < -0.3 is 14.2 Å². The highest BCUT2D eigenvalue weighted by molar-refractivity contribution is 5.62. The molecule has 0 radical (unpaired) electrons. The lowest BCUT2D eigenvalue weighted by Gasteiger charge is -2.34. The molecular weight excluding hydrogens is 370 g/mol. The Labute approximate surface area is 169 Å². The number of fused-ring (bicyclic) bond motifs is 2. The Morgan fingerprint density at radius 2 is 1.90 bits per heavy atom. The summed E-state index contributed by atoms with van der Waals surface area (Å²) in [4.78, 5) is 2.25. The molecule has 3 heterocycles. The third kappa shape index (κ3) is 2.82. The standard InChI is InChI=1S/C21H23N5O3/c1-12-7-13(2)9-15(8-12)26-21(22-23-24-26)18-17-14(5-6-25(18)3)10-16-19(20(17)27-4)29-11-28-16/h7-10,18H,5-6,11H2,1-4H3/t18-/m1/s1. The fourth-order valence-electron chi connectivity index (χ4n) is 4.38. The first-order chi connectivity index (χ1) is 14.1. The van der Waals surface area contributed by atoms with Crippen LogP contribution >= 0.6 is 0 Å². The molecule has 1 atom stereocenters. The predicted molar refractivity (Wildman–Crippen MR) is 106 cm³/mol. The van der Waals surface area contributed by atoms with Crippen LogP contribution < -0.4 is 14.2 Å². The Balaban J connectivity index is 1.71. The van der Waals surface area contributed by atoms with E-state index in [-0.39, 0.29) is 12.8 Å². The van der Waals surface area contributed by atoms with Crippen LogP contribution in [0.3, 0.4) is 0 Å². The molecule has 2 aliphatic rings. The number of methoxy groups -OCH3 is 1. The molecule has 150 valence electrons. The van der Waals surface area contributed by atoms with E-state index in [1.807, 2.05) is 4.68 Å². The zero-order valence-electron chi connectivity index (χ0n) is 17.0. The van der Waals surface area contributed by atoms with E-state index in [0.717, 1.165) is 35.8 Å². The number of aromatic nitrogens is 4. The van der Waals surface area contributed by atoms with Gasteiger partial charge in [0.05, 0.1) is 12.8 Å². The lowest BCUT2D eigenvalue weighted by Crippen LogP contribution is -2.35. The van der Waals surface area contributed by atoms with Crippen molar-refractivity contribution in [3.63, 3.8) is 0 Å². The van der Waals surface area contributed by atoms with E-state index in [4.69, 9.17) is 14.2 Å². The van der Waals surface area contributed by atoms with Crippen LogP contribution in [-0.2, 0) is 6.42 Å². The summed E-state index contributed by atoms with van der Waals surface area (Å²) >= 11 is 0. The number of nitrogens with zero attached hydrogens (tertiary/aromatic N) is 5. The lowest BCUT2D eigenvalue weighted by molar-refractivity contribution is 0.170. The van der Waals surface area contributed by atoms with Crippen LogP contribution in [0.15, 0.2) is 24.3 Å². The lowest BCUT2D eigenvalue weighted by atomic mass is 9.90. The van der Waals surface area contributed by atoms with Gasteiger partial charge in [0.2, 0.25) is 12.5 Å². The molecule has 0 spiro atoms. The van der Waals surface area contributed by atoms with Gasteiger partial charge in [0.15, 0.2) is 17.3 Å². The van der Waals surface area contributed by atoms with Gasteiger partial charge in [-0.05, 0) is 72.6 Å². The summed E-state index contributed by atoms with van der Waals surface area (Å²) in [6.07, 6.45) is 0.889. The van der Waals surface area contributed by atoms with Crippen LogP contribution in [0.2, 0.25) is 0 Å². The summed E-state index contributed by atoms with van der Waals surface area (Å²) in [5.74, 6) is 2.83. The van der Waals surface area contributed by atoms with Crippen molar-refractivity contribution in [2.75, 3.05) is 27.5 Å². The van der Waals surface area contributed by atoms with Crippen molar-refractivity contribution in [3.8, 4) is 22.9 Å². The number of ether oxygens (including phenoxy) is 3. The molecule has 1 aromatic heterocycles. The van der Waals surface area contributed by atoms with E-state index in [2.05, 4.69) is 65.6 Å². The molecule has 0 bridgehead atoms. The summed E-state index contributed by atoms with van der Waals surface area (Å²) in [5, 5.41) is 12.7. The van der Waals surface area contributed by atoms with Crippen molar-refractivity contribution in [1.29, 1.82) is 0 Å². The Hall–Kier alpha value is -3.13. The maximum absolute atomic E-state index is 5.81. The molecule has 3 aromatic rings. The van der Waals surface area contributed by atoms with Crippen molar-refractivity contribution in [3.05, 3.63) is 52.3 Å². The van der Waals surface area contributed by atoms with E-state index in [1.165, 1.54) is 16.7 Å². The fourth-order valence-corrected chi connectivity index (χ4v) is 4.38. The second kappa shape index (κ2) is 6.73. The largest absolute Gasteiger partial charge is 0.492 e. The molecule has 0 amide bonds. The Kier molecular flexibility index (Phi) is 4.16. The minimum atomic E-state index is -0.168. The van der Waals surface area contributed by atoms with E-state index in [9.17, 15) is 0 Å². The highest BCUT2D eigenvalue weighted by Gasteiger charge is 2.37. The third-order valence-electron chi connectivity index (χ3n) is 5.59. The molecule has 5 rings (SSSR count). The molecule has 0 N–H and O–H groups in total. The van der Waals surface area contributed by atoms with E-state index in [0.29, 0.717) is 11.5 Å². The number of hydrogen-bond donors (Lipinski definition) is 0. The van der Waals surface area contributed by atoms with Crippen LogP contribution in [0.1, 0.15) is 34.1 Å². The maximum atomic E-state index is 5.81. The number of hydrogen-bond acceptors (Lipinski definition) is 7. The minimum Gasteiger partial charge on any atom is -0.492 e. The van der Waals surface area contributed by atoms with Gasteiger partial charge in [0, 0.05) is 12.1 Å². The zero-order valence-corrected chi connectivity index (χ0v) is 17.0. The SMILES string of the molecule is COc1c2c(cc3c1[C@H](c1nnnn1-c1cc(C)cc(C)c1)N(C)CC3)OCO2. The van der Waals surface area contributed by atoms with E-state index >= 15 is 0 Å². The number of benzene rings is 2. The van der Waals surface area contributed by atoms with Crippen LogP contribution in [-0.4, -0.2) is 52.6 Å². The third-order valence-corrected chi connectivity index (χ3v) is 5.59. The van der Waals surface area contributed by atoms with Gasteiger partial charge in [0.1, 0.15) is 6.04 Å². The molecule has 0 unspecified atom stereocenters. The number of likely N-dealkylation sites (N-methyl/N-ethyl adjacent to an activating group) is 1. The molecule has 8 heteroatoms. The predicted octanol–water partition coefficient (Wildman–Crippen LogP) is 2.59. The molecule has 0 saturated heterocycles. The molecule has 0 aliphatic carbocycles. The molecular formula is C21H23N5O3. The summed E-state index contributed by atoms with van der Waals surface area (Å²) in [7, 11) is 3.74. The Morgan fingerprint density at radius 1 is 1.10 bits per heavy atom. The van der Waals surface area contributed by atoms with Gasteiger partial charge in [-0.1, -0.05) is 6.07 Å². The summed E-state index contributed by atoms with van der Waals surface area (Å²) < 4.78 is 19.0. The molecule has 29 heavy (non-hydrogen) atoms. The molecule has 2 aromatic carbocycles. The van der Waals surface area contributed by atoms with E-state index < -0.39 is 0 Å². The van der Waals surface area contributed by atoms with Gasteiger partial charge >= 0.3 is 0 Å². The fraction of sp³-hybridized carbons (Fsp3) is 0.381. The number of aryl methyl sites for hydroxylation is 2. The minimum absolute atomic E-state index is 0.168. The van der Waals surface area contributed by atoms with Crippen LogP contribution in [0.25, 0.3) is 5.69 Å². The molecule has 0 saturated carbocycles. The van der Waals surface area contributed by atoms with Crippen LogP contribution in [0.5, 0.6) is 17.2 Å². The Morgan fingerprint density at radius 3 is 2.66 bits per heavy atom. The normalized spacial score (nSPS) is 18.0. The average molecular weight is 393 g/mol. The first-order valence-electron chi connectivity index (χ1n) is 9.63. The second-order valence-electron chi connectivity index (χ2n) is 7.64. The quantitative estimate of drug-likeness (QED) is 0.677. The monoisotopic (exact) mass is 393 g/mol. The molecule has 0 fully saturated rings. The Bertz CT molecular complexity index is 1070. The van der Waals surface area contributed by atoms with Crippen molar-refractivity contribution in [1.82, 2.24) is 25.1 Å².